The molecule has 0 aliphatic heterocycles. The van der Waals surface area contributed by atoms with Crippen molar-refractivity contribution in [3.05, 3.63) is 45.8 Å². The molecular weight excluding hydrogens is 188 g/mol. The molecule has 13 heavy (non-hydrogen) atoms. The minimum absolute atomic E-state index is 0.110. The normalized spacial score (nSPS) is 10.5. The van der Waals surface area contributed by atoms with Crippen LogP contribution in [0.15, 0.2) is 35.3 Å². The molecule has 0 amide bonds. The van der Waals surface area contributed by atoms with Crippen LogP contribution in [0.1, 0.15) is 0 Å². The van der Waals surface area contributed by atoms with Crippen molar-refractivity contribution in [2.75, 3.05) is 5.73 Å². The van der Waals surface area contributed by atoms with Crippen LogP contribution in [0.4, 0.5) is 5.69 Å². The highest BCUT2D eigenvalue weighted by Crippen LogP contribution is 2.15. The second-order valence-electron chi connectivity index (χ2n) is 2.73. The zero-order chi connectivity index (χ0) is 9.42. The molecule has 2 rings (SSSR count). The molecule has 0 atom stereocenters. The Hall–Kier alpha value is -1.48. The highest BCUT2D eigenvalue weighted by atomic mass is 35.5. The molecule has 2 aromatic heterocycles. The lowest BCUT2D eigenvalue weighted by atomic mass is 10.3. The largest absolute Gasteiger partial charge is 0.397 e. The summed E-state index contributed by atoms with van der Waals surface area (Å²) in [4.78, 5) is 11.3. The van der Waals surface area contributed by atoms with Crippen LogP contribution in [-0.2, 0) is 0 Å². The van der Waals surface area contributed by atoms with Crippen molar-refractivity contribution in [3.8, 4) is 0 Å². The minimum atomic E-state index is -0.110. The van der Waals surface area contributed by atoms with Crippen molar-refractivity contribution >= 4 is 22.8 Å². The maximum Gasteiger partial charge on any atom is 0.255 e. The SMILES string of the molecule is Nc1ccc(=O)n2ccc(Cl)cc12. The number of hydrogen-bond donors (Lipinski definition) is 1. The Balaban J connectivity index is 3.01. The van der Waals surface area contributed by atoms with Crippen LogP contribution in [0.3, 0.4) is 0 Å². The number of halogens is 1. The monoisotopic (exact) mass is 194 g/mol. The third-order valence-corrected chi connectivity index (χ3v) is 2.09. The highest BCUT2D eigenvalue weighted by molar-refractivity contribution is 6.31. The minimum Gasteiger partial charge on any atom is -0.397 e. The Kier molecular flexibility index (Phi) is 1.74. The summed E-state index contributed by atoms with van der Waals surface area (Å²) in [5, 5.41) is 0.567. The molecule has 66 valence electrons. The standard InChI is InChI=1S/C9H7ClN2O/c10-6-3-4-12-8(5-6)7(11)1-2-9(12)13/h1-5H,11H2. The summed E-state index contributed by atoms with van der Waals surface area (Å²) in [5.41, 5.74) is 6.75. The summed E-state index contributed by atoms with van der Waals surface area (Å²) in [6.45, 7) is 0. The summed E-state index contributed by atoms with van der Waals surface area (Å²) in [6, 6.07) is 6.32. The number of aromatic nitrogens is 1. The van der Waals surface area contributed by atoms with Gasteiger partial charge in [0.2, 0.25) is 0 Å². The summed E-state index contributed by atoms with van der Waals surface area (Å²) in [7, 11) is 0. The fraction of sp³-hybridized carbons (Fsp3) is 0. The predicted octanol–water partition coefficient (Wildman–Crippen LogP) is 1.54. The second-order valence-corrected chi connectivity index (χ2v) is 3.16. The molecule has 0 unspecified atom stereocenters. The van der Waals surface area contributed by atoms with Gasteiger partial charge in [0.05, 0.1) is 11.2 Å². The molecule has 0 spiro atoms. The van der Waals surface area contributed by atoms with Crippen molar-refractivity contribution in [2.45, 2.75) is 0 Å². The lowest BCUT2D eigenvalue weighted by molar-refractivity contribution is 1.10. The molecule has 0 aromatic carbocycles. The number of fused-ring (bicyclic) bond motifs is 1. The lowest BCUT2D eigenvalue weighted by Crippen LogP contribution is -2.12. The van der Waals surface area contributed by atoms with Gasteiger partial charge < -0.3 is 5.73 Å². The third-order valence-electron chi connectivity index (χ3n) is 1.86. The van der Waals surface area contributed by atoms with Gasteiger partial charge in [-0.2, -0.15) is 0 Å². The molecule has 0 radical (unpaired) electrons. The van der Waals surface area contributed by atoms with Gasteiger partial charge >= 0.3 is 0 Å². The Labute approximate surface area is 79.4 Å². The smallest absolute Gasteiger partial charge is 0.255 e. The third kappa shape index (κ3) is 1.27. The van der Waals surface area contributed by atoms with Gasteiger partial charge in [0.1, 0.15) is 0 Å². The van der Waals surface area contributed by atoms with Crippen molar-refractivity contribution in [3.63, 3.8) is 0 Å². The van der Waals surface area contributed by atoms with E-state index in [-0.39, 0.29) is 5.56 Å². The molecule has 2 heterocycles. The fourth-order valence-corrected chi connectivity index (χ4v) is 1.38. The number of nitrogens with two attached hydrogens (primary N) is 1. The molecule has 4 heteroatoms. The first-order valence-electron chi connectivity index (χ1n) is 3.75. The van der Waals surface area contributed by atoms with Crippen LogP contribution in [0.5, 0.6) is 0 Å². The van der Waals surface area contributed by atoms with Crippen LogP contribution >= 0.6 is 11.6 Å². The molecule has 0 aliphatic rings. The summed E-state index contributed by atoms with van der Waals surface area (Å²) in [5.74, 6) is 0. The molecule has 0 saturated carbocycles. The van der Waals surface area contributed by atoms with Crippen molar-refractivity contribution in [2.24, 2.45) is 0 Å². The Bertz CT molecular complexity index is 518. The van der Waals surface area contributed by atoms with E-state index in [1.807, 2.05) is 0 Å². The van der Waals surface area contributed by atoms with Gasteiger partial charge in [-0.25, -0.2) is 0 Å². The quantitative estimate of drug-likeness (QED) is 0.692. The molecule has 3 nitrogen and oxygen atoms in total. The fourth-order valence-electron chi connectivity index (χ4n) is 1.22. The van der Waals surface area contributed by atoms with Gasteiger partial charge in [-0.1, -0.05) is 11.6 Å². The first kappa shape index (κ1) is 8.13. The highest BCUT2D eigenvalue weighted by Gasteiger charge is 1.99. The topological polar surface area (TPSA) is 47.5 Å². The maximum atomic E-state index is 11.3. The van der Waals surface area contributed by atoms with E-state index in [4.69, 9.17) is 17.3 Å². The van der Waals surface area contributed by atoms with E-state index in [9.17, 15) is 4.79 Å². The molecule has 2 N–H and O–H groups in total. The average molecular weight is 195 g/mol. The van der Waals surface area contributed by atoms with Crippen molar-refractivity contribution < 1.29 is 0 Å². The van der Waals surface area contributed by atoms with Gasteiger partial charge in [0.25, 0.3) is 5.56 Å². The number of nitrogen functional groups attached to an aromatic ring is 1. The zero-order valence-corrected chi connectivity index (χ0v) is 7.45. The first-order chi connectivity index (χ1) is 6.18. The number of rotatable bonds is 0. The van der Waals surface area contributed by atoms with E-state index >= 15 is 0 Å². The van der Waals surface area contributed by atoms with Gasteiger partial charge in [-0.15, -0.1) is 0 Å². The van der Waals surface area contributed by atoms with E-state index in [0.29, 0.717) is 16.2 Å². The van der Waals surface area contributed by atoms with E-state index in [1.54, 1.807) is 24.4 Å². The number of anilines is 1. The molecule has 2 aromatic rings. The molecule has 0 bridgehead atoms. The Morgan fingerprint density at radius 1 is 1.31 bits per heavy atom. The Morgan fingerprint density at radius 3 is 2.85 bits per heavy atom. The van der Waals surface area contributed by atoms with Crippen LogP contribution in [0, 0.1) is 0 Å². The molecule has 0 fully saturated rings. The molecule has 0 aliphatic carbocycles. The van der Waals surface area contributed by atoms with Gasteiger partial charge in [-0.3, -0.25) is 9.20 Å². The molecular formula is C9H7ClN2O. The first-order valence-corrected chi connectivity index (χ1v) is 4.13. The van der Waals surface area contributed by atoms with E-state index in [2.05, 4.69) is 0 Å². The lowest BCUT2D eigenvalue weighted by Gasteiger charge is -2.02. The summed E-state index contributed by atoms with van der Waals surface area (Å²) < 4.78 is 1.46. The van der Waals surface area contributed by atoms with E-state index in [0.717, 1.165) is 0 Å². The number of hydrogen-bond acceptors (Lipinski definition) is 2. The maximum absolute atomic E-state index is 11.3. The summed E-state index contributed by atoms with van der Waals surface area (Å²) in [6.07, 6.45) is 1.61. The zero-order valence-electron chi connectivity index (χ0n) is 6.70. The van der Waals surface area contributed by atoms with Crippen molar-refractivity contribution in [1.82, 2.24) is 4.40 Å². The molecule has 0 saturated heterocycles. The van der Waals surface area contributed by atoms with E-state index < -0.39 is 0 Å². The van der Waals surface area contributed by atoms with Crippen LogP contribution in [0.25, 0.3) is 5.52 Å². The van der Waals surface area contributed by atoms with Gasteiger partial charge in [0, 0.05) is 17.3 Å². The number of nitrogens with zero attached hydrogens (tertiary/aromatic N) is 1. The van der Waals surface area contributed by atoms with E-state index in [1.165, 1.54) is 10.5 Å². The van der Waals surface area contributed by atoms with Gasteiger partial charge in [-0.05, 0) is 18.2 Å². The summed E-state index contributed by atoms with van der Waals surface area (Å²) >= 11 is 5.77. The van der Waals surface area contributed by atoms with Crippen LogP contribution in [-0.4, -0.2) is 4.40 Å². The van der Waals surface area contributed by atoms with Gasteiger partial charge in [0.15, 0.2) is 0 Å². The predicted molar refractivity (Wildman–Crippen MR) is 53.1 cm³/mol. The van der Waals surface area contributed by atoms with Crippen LogP contribution < -0.4 is 11.3 Å². The number of pyridine rings is 2. The van der Waals surface area contributed by atoms with Crippen LogP contribution in [0.2, 0.25) is 5.02 Å². The Morgan fingerprint density at radius 2 is 2.08 bits per heavy atom. The average Bonchev–Trinajstić information content (AvgIpc) is 2.12. The van der Waals surface area contributed by atoms with Crippen molar-refractivity contribution in [1.29, 1.82) is 0 Å². The second kappa shape index (κ2) is 2.78.